The lowest BCUT2D eigenvalue weighted by atomic mass is 10.1. The Morgan fingerprint density at radius 2 is 1.72 bits per heavy atom. The molecule has 2 aromatic carbocycles. The van der Waals surface area contributed by atoms with Crippen molar-refractivity contribution in [3.8, 4) is 0 Å². The van der Waals surface area contributed by atoms with Crippen molar-refractivity contribution in [2.45, 2.75) is 26.4 Å². The van der Waals surface area contributed by atoms with E-state index in [1.165, 1.54) is 68.3 Å². The average Bonchev–Trinajstić information content (AvgIpc) is 2.75. The lowest BCUT2D eigenvalue weighted by molar-refractivity contribution is -0.139. The number of anilines is 1. The number of hydrogen-bond acceptors (Lipinski definition) is 5. The van der Waals surface area contributed by atoms with E-state index in [-0.39, 0.29) is 18.0 Å². The van der Waals surface area contributed by atoms with Gasteiger partial charge in [-0.15, -0.1) is 0 Å². The zero-order valence-corrected chi connectivity index (χ0v) is 19.1. The van der Waals surface area contributed by atoms with Gasteiger partial charge in [-0.2, -0.15) is 0 Å². The smallest absolute Gasteiger partial charge is 0.244 e. The fraction of sp³-hybridized carbons (Fsp3) is 0.318. The quantitative estimate of drug-likeness (QED) is 0.573. The molecule has 1 atom stereocenters. The van der Waals surface area contributed by atoms with E-state index in [1.54, 1.807) is 6.07 Å². The first-order chi connectivity index (χ1) is 14.9. The van der Waals surface area contributed by atoms with Crippen LogP contribution < -0.4 is 9.62 Å². The first-order valence-electron chi connectivity index (χ1n) is 9.78. The molecular formula is C22H26FN3O5S. The summed E-state index contributed by atoms with van der Waals surface area (Å²) in [4.78, 5) is 38.4. The summed E-state index contributed by atoms with van der Waals surface area (Å²) in [5.41, 5.74) is 1.02. The first kappa shape index (κ1) is 25.0. The fourth-order valence-electron chi connectivity index (χ4n) is 3.07. The molecule has 2 aromatic rings. The molecule has 0 aliphatic rings. The lowest BCUT2D eigenvalue weighted by Gasteiger charge is -2.31. The summed E-state index contributed by atoms with van der Waals surface area (Å²) in [7, 11) is -2.47. The number of amides is 2. The molecule has 0 spiro atoms. The molecule has 2 amide bonds. The number of halogens is 1. The summed E-state index contributed by atoms with van der Waals surface area (Å²) in [6.07, 6.45) is 0.952. The minimum Gasteiger partial charge on any atom is -0.357 e. The summed E-state index contributed by atoms with van der Waals surface area (Å²) >= 11 is 0. The lowest BCUT2D eigenvalue weighted by Crippen LogP contribution is -2.50. The number of nitrogens with zero attached hydrogens (tertiary/aromatic N) is 2. The number of nitrogens with one attached hydrogen (secondary N) is 1. The van der Waals surface area contributed by atoms with E-state index >= 15 is 0 Å². The second kappa shape index (κ2) is 10.4. The Labute approximate surface area is 187 Å². The number of ketones is 1. The zero-order chi connectivity index (χ0) is 24.1. The Bertz CT molecular complexity index is 1100. The van der Waals surface area contributed by atoms with Crippen LogP contribution in [0.15, 0.2) is 48.5 Å². The maximum Gasteiger partial charge on any atom is 0.244 e. The summed E-state index contributed by atoms with van der Waals surface area (Å²) in [6, 6.07) is 10.5. The molecule has 2 rings (SSSR count). The highest BCUT2D eigenvalue weighted by molar-refractivity contribution is 7.92. The minimum atomic E-state index is -3.89. The van der Waals surface area contributed by atoms with Gasteiger partial charge in [0.05, 0.1) is 11.9 Å². The predicted molar refractivity (Wildman–Crippen MR) is 119 cm³/mol. The van der Waals surface area contributed by atoms with Crippen molar-refractivity contribution in [2.75, 3.05) is 24.2 Å². The van der Waals surface area contributed by atoms with Crippen molar-refractivity contribution in [3.63, 3.8) is 0 Å². The zero-order valence-electron chi connectivity index (χ0n) is 18.3. The molecule has 0 saturated heterocycles. The molecular weight excluding hydrogens is 437 g/mol. The molecule has 1 N–H and O–H groups in total. The normalized spacial score (nSPS) is 12.0. The summed E-state index contributed by atoms with van der Waals surface area (Å²) < 4.78 is 39.1. The topological polar surface area (TPSA) is 104 Å². The van der Waals surface area contributed by atoms with Gasteiger partial charge in [-0.1, -0.05) is 24.3 Å². The number of carbonyl (C=O) groups excluding carboxylic acids is 3. The second-order valence-electron chi connectivity index (χ2n) is 7.31. The third kappa shape index (κ3) is 6.36. The van der Waals surface area contributed by atoms with Crippen LogP contribution in [0.1, 0.15) is 29.8 Å². The second-order valence-corrected chi connectivity index (χ2v) is 9.22. The van der Waals surface area contributed by atoms with Gasteiger partial charge in [-0.3, -0.25) is 18.7 Å². The average molecular weight is 464 g/mol. The number of carbonyl (C=O) groups is 3. The Morgan fingerprint density at radius 1 is 1.09 bits per heavy atom. The Morgan fingerprint density at radius 3 is 2.25 bits per heavy atom. The number of likely N-dealkylation sites (N-methyl/N-ethyl adjacent to an activating group) is 1. The number of rotatable bonds is 9. The number of sulfonamides is 1. The van der Waals surface area contributed by atoms with Crippen LogP contribution in [0.4, 0.5) is 10.1 Å². The molecule has 0 radical (unpaired) electrons. The van der Waals surface area contributed by atoms with Gasteiger partial charge in [0.1, 0.15) is 18.4 Å². The highest BCUT2D eigenvalue weighted by Crippen LogP contribution is 2.21. The van der Waals surface area contributed by atoms with Gasteiger partial charge in [0.25, 0.3) is 0 Å². The molecule has 0 aliphatic carbocycles. The van der Waals surface area contributed by atoms with Gasteiger partial charge >= 0.3 is 0 Å². The van der Waals surface area contributed by atoms with Crippen molar-refractivity contribution in [2.24, 2.45) is 0 Å². The van der Waals surface area contributed by atoms with Gasteiger partial charge in [0, 0.05) is 19.2 Å². The molecule has 32 heavy (non-hydrogen) atoms. The molecule has 0 aromatic heterocycles. The van der Waals surface area contributed by atoms with Crippen LogP contribution in [0.2, 0.25) is 0 Å². The summed E-state index contributed by atoms with van der Waals surface area (Å²) in [5, 5.41) is 2.47. The van der Waals surface area contributed by atoms with Crippen LogP contribution in [0.5, 0.6) is 0 Å². The van der Waals surface area contributed by atoms with Gasteiger partial charge in [-0.25, -0.2) is 12.8 Å². The number of hydrogen-bond donors (Lipinski definition) is 1. The van der Waals surface area contributed by atoms with Crippen LogP contribution in [-0.4, -0.2) is 56.8 Å². The third-order valence-electron chi connectivity index (χ3n) is 4.90. The SMILES string of the molecule is CNC(=O)[C@@H](C)N(Cc1ccc(F)cc1)C(=O)CN(c1cccc(C(C)=O)c1)S(C)(=O)=O. The van der Waals surface area contributed by atoms with Crippen molar-refractivity contribution >= 4 is 33.3 Å². The molecule has 172 valence electrons. The van der Waals surface area contributed by atoms with Gasteiger partial charge in [0.15, 0.2) is 5.78 Å². The van der Waals surface area contributed by atoms with E-state index < -0.39 is 40.2 Å². The van der Waals surface area contributed by atoms with Crippen molar-refractivity contribution < 1.29 is 27.2 Å². The van der Waals surface area contributed by atoms with Crippen LogP contribution in [-0.2, 0) is 26.2 Å². The molecule has 0 unspecified atom stereocenters. The maximum absolute atomic E-state index is 13.3. The van der Waals surface area contributed by atoms with Crippen molar-refractivity contribution in [1.29, 1.82) is 0 Å². The fourth-order valence-corrected chi connectivity index (χ4v) is 3.91. The highest BCUT2D eigenvalue weighted by atomic mass is 32.2. The van der Waals surface area contributed by atoms with Crippen LogP contribution in [0, 0.1) is 5.82 Å². The number of Topliss-reactive ketones (excluding diaryl/α,β-unsaturated/α-hetero) is 1. The Balaban J connectivity index is 2.41. The molecule has 0 saturated carbocycles. The largest absolute Gasteiger partial charge is 0.357 e. The van der Waals surface area contributed by atoms with Crippen LogP contribution >= 0.6 is 0 Å². The Hall–Kier alpha value is -3.27. The minimum absolute atomic E-state index is 0.0290. The molecule has 0 heterocycles. The van der Waals surface area contributed by atoms with Crippen molar-refractivity contribution in [3.05, 3.63) is 65.5 Å². The molecule has 8 nitrogen and oxygen atoms in total. The standard InChI is InChI=1S/C22H26FN3O5S/c1-15(22(29)24-3)25(13-17-8-10-19(23)11-9-17)21(28)14-26(32(4,30)31)20-7-5-6-18(12-20)16(2)27/h5-12,15H,13-14H2,1-4H3,(H,24,29)/t15-/m1/s1. The van der Waals surface area contributed by atoms with E-state index in [0.717, 1.165) is 10.6 Å². The van der Waals surface area contributed by atoms with Crippen LogP contribution in [0.25, 0.3) is 0 Å². The van der Waals surface area contributed by atoms with E-state index in [9.17, 15) is 27.2 Å². The Kier molecular flexibility index (Phi) is 8.09. The molecule has 0 aliphatic heterocycles. The highest BCUT2D eigenvalue weighted by Gasteiger charge is 2.29. The van der Waals surface area contributed by atoms with Crippen LogP contribution in [0.3, 0.4) is 0 Å². The molecule has 0 fully saturated rings. The molecule has 0 bridgehead atoms. The van der Waals surface area contributed by atoms with Gasteiger partial charge in [0.2, 0.25) is 21.8 Å². The number of benzene rings is 2. The monoisotopic (exact) mass is 463 g/mol. The van der Waals surface area contributed by atoms with Crippen molar-refractivity contribution in [1.82, 2.24) is 10.2 Å². The van der Waals surface area contributed by atoms with E-state index in [4.69, 9.17) is 0 Å². The van der Waals surface area contributed by atoms with Gasteiger partial charge in [-0.05, 0) is 43.7 Å². The van der Waals surface area contributed by atoms with E-state index in [0.29, 0.717) is 11.1 Å². The van der Waals surface area contributed by atoms with E-state index in [2.05, 4.69) is 5.32 Å². The predicted octanol–water partition coefficient (Wildman–Crippen LogP) is 1.96. The first-order valence-corrected chi connectivity index (χ1v) is 11.6. The maximum atomic E-state index is 13.3. The van der Waals surface area contributed by atoms with E-state index in [1.807, 2.05) is 0 Å². The molecule has 10 heteroatoms. The van der Waals surface area contributed by atoms with Gasteiger partial charge < -0.3 is 10.2 Å². The third-order valence-corrected chi connectivity index (χ3v) is 6.04. The summed E-state index contributed by atoms with van der Waals surface area (Å²) in [5.74, 6) is -1.77. The summed E-state index contributed by atoms with van der Waals surface area (Å²) in [6.45, 7) is 2.26.